The molecular formula is C12H8Cl3NOS2. The van der Waals surface area contributed by atoms with Crippen LogP contribution in [0, 0.1) is 0 Å². The van der Waals surface area contributed by atoms with E-state index in [1.54, 1.807) is 12.1 Å². The number of thioether (sulfide) groups is 1. The molecule has 19 heavy (non-hydrogen) atoms. The number of anilines is 1. The van der Waals surface area contributed by atoms with Crippen molar-refractivity contribution in [3.05, 3.63) is 37.7 Å². The number of nitrogens with zero attached hydrogens (tertiary/aromatic N) is 1. The van der Waals surface area contributed by atoms with Crippen molar-refractivity contribution in [1.29, 1.82) is 0 Å². The number of carbonyl (C=O) groups is 1. The summed E-state index contributed by atoms with van der Waals surface area (Å²) in [5, 5.41) is 0.838. The minimum absolute atomic E-state index is 0.163. The van der Waals surface area contributed by atoms with Crippen LogP contribution in [0.3, 0.4) is 0 Å². The van der Waals surface area contributed by atoms with Gasteiger partial charge in [0.25, 0.3) is 5.91 Å². The molecule has 7 heteroatoms. The molecule has 1 aliphatic heterocycles. The second-order valence-corrected chi connectivity index (χ2v) is 6.90. The Morgan fingerprint density at radius 1 is 1.21 bits per heavy atom. The molecule has 0 N–H and O–H groups in total. The molecule has 0 spiro atoms. The van der Waals surface area contributed by atoms with E-state index in [1.165, 1.54) is 16.7 Å². The molecule has 0 saturated carbocycles. The van der Waals surface area contributed by atoms with Crippen LogP contribution in [0.15, 0.2) is 22.6 Å². The number of hydrogen-bond donors (Lipinski definition) is 0. The fourth-order valence-corrected chi connectivity index (χ4v) is 3.43. The van der Waals surface area contributed by atoms with E-state index in [0.717, 1.165) is 5.57 Å². The molecule has 1 aliphatic rings. The van der Waals surface area contributed by atoms with Crippen molar-refractivity contribution in [1.82, 2.24) is 0 Å². The van der Waals surface area contributed by atoms with Crippen LogP contribution in [0.25, 0.3) is 0 Å². The zero-order valence-electron chi connectivity index (χ0n) is 9.96. The molecule has 0 atom stereocenters. The van der Waals surface area contributed by atoms with Gasteiger partial charge in [-0.1, -0.05) is 64.4 Å². The highest BCUT2D eigenvalue weighted by atomic mass is 35.5. The van der Waals surface area contributed by atoms with Crippen molar-refractivity contribution in [2.24, 2.45) is 0 Å². The first kappa shape index (κ1) is 15.1. The molecule has 1 aromatic carbocycles. The van der Waals surface area contributed by atoms with Crippen LogP contribution < -0.4 is 4.90 Å². The Morgan fingerprint density at radius 2 is 1.74 bits per heavy atom. The standard InChI is InChI=1S/C12H8Cl3NOS2/c1-5(2)10-11(17)16(12(18)19-10)6-3-7(13)9(15)8(14)4-6/h3-4H,1-2H3. The summed E-state index contributed by atoms with van der Waals surface area (Å²) >= 11 is 24.3. The number of allylic oxidation sites excluding steroid dienone is 1. The molecule has 1 aromatic rings. The summed E-state index contributed by atoms with van der Waals surface area (Å²) in [5.41, 5.74) is 1.45. The van der Waals surface area contributed by atoms with E-state index in [0.29, 0.717) is 14.9 Å². The van der Waals surface area contributed by atoms with E-state index >= 15 is 0 Å². The van der Waals surface area contributed by atoms with Crippen molar-refractivity contribution in [2.45, 2.75) is 13.8 Å². The fourth-order valence-electron chi connectivity index (χ4n) is 1.57. The van der Waals surface area contributed by atoms with E-state index in [-0.39, 0.29) is 21.0 Å². The van der Waals surface area contributed by atoms with E-state index in [9.17, 15) is 4.79 Å². The Kier molecular flexibility index (Phi) is 4.48. The third-order valence-corrected chi connectivity index (χ3v) is 5.22. The average Bonchev–Trinajstić information content (AvgIpc) is 2.61. The molecule has 0 unspecified atom stereocenters. The summed E-state index contributed by atoms with van der Waals surface area (Å²) in [6, 6.07) is 3.16. The number of rotatable bonds is 1. The van der Waals surface area contributed by atoms with Gasteiger partial charge in [-0.2, -0.15) is 0 Å². The van der Waals surface area contributed by atoms with Gasteiger partial charge < -0.3 is 0 Å². The molecule has 0 aromatic heterocycles. The van der Waals surface area contributed by atoms with Gasteiger partial charge in [-0.05, 0) is 26.0 Å². The molecule has 1 fully saturated rings. The highest BCUT2D eigenvalue weighted by Crippen LogP contribution is 2.40. The van der Waals surface area contributed by atoms with Crippen LogP contribution in [-0.4, -0.2) is 10.2 Å². The normalized spacial score (nSPS) is 15.4. The highest BCUT2D eigenvalue weighted by molar-refractivity contribution is 8.27. The summed E-state index contributed by atoms with van der Waals surface area (Å²) < 4.78 is 0.454. The zero-order chi connectivity index (χ0) is 14.3. The van der Waals surface area contributed by atoms with E-state index in [1.807, 2.05) is 13.8 Å². The molecule has 2 nitrogen and oxygen atoms in total. The number of carbonyl (C=O) groups excluding carboxylic acids is 1. The van der Waals surface area contributed by atoms with Gasteiger partial charge in [-0.3, -0.25) is 9.69 Å². The van der Waals surface area contributed by atoms with Crippen LogP contribution in [0.1, 0.15) is 13.8 Å². The van der Waals surface area contributed by atoms with Crippen molar-refractivity contribution in [3.8, 4) is 0 Å². The Labute approximate surface area is 135 Å². The van der Waals surface area contributed by atoms with Crippen molar-refractivity contribution >= 4 is 74.7 Å². The maximum Gasteiger partial charge on any atom is 0.270 e. The van der Waals surface area contributed by atoms with Gasteiger partial charge in [-0.15, -0.1) is 0 Å². The van der Waals surface area contributed by atoms with Gasteiger partial charge in [0.05, 0.1) is 25.7 Å². The van der Waals surface area contributed by atoms with Gasteiger partial charge in [0.2, 0.25) is 0 Å². The molecule has 2 rings (SSSR count). The number of benzene rings is 1. The van der Waals surface area contributed by atoms with Crippen LogP contribution in [0.5, 0.6) is 0 Å². The molecule has 0 radical (unpaired) electrons. The lowest BCUT2D eigenvalue weighted by molar-refractivity contribution is -0.113. The van der Waals surface area contributed by atoms with E-state index < -0.39 is 0 Å². The first-order valence-electron chi connectivity index (χ1n) is 5.21. The van der Waals surface area contributed by atoms with Gasteiger partial charge in [-0.25, -0.2) is 0 Å². The van der Waals surface area contributed by atoms with Gasteiger partial charge >= 0.3 is 0 Å². The minimum atomic E-state index is -0.163. The quantitative estimate of drug-likeness (QED) is 0.388. The summed E-state index contributed by atoms with van der Waals surface area (Å²) in [6.07, 6.45) is 0. The highest BCUT2D eigenvalue weighted by Gasteiger charge is 2.34. The predicted octanol–water partition coefficient (Wildman–Crippen LogP) is 5.31. The summed E-state index contributed by atoms with van der Waals surface area (Å²) in [5.74, 6) is -0.163. The number of hydrogen-bond acceptors (Lipinski definition) is 3. The van der Waals surface area contributed by atoms with Crippen molar-refractivity contribution < 1.29 is 4.79 Å². The first-order chi connectivity index (χ1) is 8.82. The zero-order valence-corrected chi connectivity index (χ0v) is 13.9. The maximum absolute atomic E-state index is 12.3. The maximum atomic E-state index is 12.3. The Hall–Kier alpha value is -0.260. The Balaban J connectivity index is 2.52. The average molecular weight is 353 g/mol. The Bertz CT molecular complexity index is 600. The summed E-state index contributed by atoms with van der Waals surface area (Å²) in [4.78, 5) is 14.4. The number of halogens is 3. The molecule has 0 bridgehead atoms. The fraction of sp³-hybridized carbons (Fsp3) is 0.167. The lowest BCUT2D eigenvalue weighted by atomic mass is 10.2. The van der Waals surface area contributed by atoms with Crippen LogP contribution in [0.2, 0.25) is 15.1 Å². The number of amides is 1. The third-order valence-electron chi connectivity index (χ3n) is 2.45. The van der Waals surface area contributed by atoms with Gasteiger partial charge in [0, 0.05) is 0 Å². The molecule has 0 aliphatic carbocycles. The number of thiocarbonyl (C=S) groups is 1. The summed E-state index contributed by atoms with van der Waals surface area (Å²) in [6.45, 7) is 3.74. The minimum Gasteiger partial charge on any atom is -0.268 e. The smallest absolute Gasteiger partial charge is 0.268 e. The largest absolute Gasteiger partial charge is 0.270 e. The van der Waals surface area contributed by atoms with E-state index in [4.69, 9.17) is 47.0 Å². The molecule has 1 heterocycles. The molecular weight excluding hydrogens is 345 g/mol. The topological polar surface area (TPSA) is 20.3 Å². The first-order valence-corrected chi connectivity index (χ1v) is 7.57. The third kappa shape index (κ3) is 2.78. The molecule has 1 amide bonds. The van der Waals surface area contributed by atoms with Gasteiger partial charge in [0.15, 0.2) is 4.32 Å². The molecule has 1 saturated heterocycles. The van der Waals surface area contributed by atoms with E-state index in [2.05, 4.69) is 0 Å². The van der Waals surface area contributed by atoms with Crippen LogP contribution >= 0.6 is 58.8 Å². The second kappa shape index (κ2) is 5.62. The van der Waals surface area contributed by atoms with Crippen molar-refractivity contribution in [2.75, 3.05) is 4.90 Å². The lowest BCUT2D eigenvalue weighted by Gasteiger charge is -2.16. The lowest BCUT2D eigenvalue weighted by Crippen LogP contribution is -2.27. The van der Waals surface area contributed by atoms with Gasteiger partial charge in [0.1, 0.15) is 0 Å². The molecule has 100 valence electrons. The van der Waals surface area contributed by atoms with Crippen LogP contribution in [0.4, 0.5) is 5.69 Å². The monoisotopic (exact) mass is 351 g/mol. The van der Waals surface area contributed by atoms with Crippen molar-refractivity contribution in [3.63, 3.8) is 0 Å². The SMILES string of the molecule is CC(C)=C1SC(=S)N(c2cc(Cl)c(Cl)c(Cl)c2)C1=O. The second-order valence-electron chi connectivity index (χ2n) is 4.06. The Morgan fingerprint density at radius 3 is 2.16 bits per heavy atom. The van der Waals surface area contributed by atoms with Crippen LogP contribution in [-0.2, 0) is 4.79 Å². The predicted molar refractivity (Wildman–Crippen MR) is 87.5 cm³/mol. The summed E-state index contributed by atoms with van der Waals surface area (Å²) in [7, 11) is 0.